The Balaban J connectivity index is 3.02. The number of likely N-dealkylation sites (N-methyl/N-ethyl adjacent to an activating group) is 1. The van der Waals surface area contributed by atoms with Gasteiger partial charge >= 0.3 is 0 Å². The van der Waals surface area contributed by atoms with Crippen LogP contribution in [0.1, 0.15) is 12.5 Å². The van der Waals surface area contributed by atoms with Crippen LogP contribution in [0.2, 0.25) is 0 Å². The average Bonchev–Trinajstić information content (AvgIpc) is 2.31. The molecule has 4 nitrogen and oxygen atoms in total. The lowest BCUT2D eigenvalue weighted by atomic mass is 10.2. The highest BCUT2D eigenvalue weighted by Crippen LogP contribution is 2.38. The molecule has 0 amide bonds. The van der Waals surface area contributed by atoms with Gasteiger partial charge in [0.05, 0.1) is 14.2 Å². The molecule has 1 rings (SSSR count). The summed E-state index contributed by atoms with van der Waals surface area (Å²) in [5.41, 5.74) is 1.08. The van der Waals surface area contributed by atoms with Gasteiger partial charge in [0.2, 0.25) is 5.75 Å². The minimum atomic E-state index is 0.0468. The molecule has 1 atom stereocenters. The fourth-order valence-corrected chi connectivity index (χ4v) is 1.66. The van der Waals surface area contributed by atoms with Crippen molar-refractivity contribution in [1.29, 1.82) is 0 Å². The maximum atomic E-state index is 5.84. The van der Waals surface area contributed by atoms with Crippen LogP contribution in [-0.4, -0.2) is 33.9 Å². The molecule has 1 aromatic rings. The number of rotatable bonds is 6. The van der Waals surface area contributed by atoms with E-state index in [4.69, 9.17) is 14.2 Å². The number of nitrogens with one attached hydrogen (secondary N) is 1. The molecule has 0 saturated carbocycles. The Morgan fingerprint density at radius 1 is 1.18 bits per heavy atom. The fraction of sp³-hybridized carbons (Fsp3) is 0.538. The first-order valence-corrected chi connectivity index (χ1v) is 5.66. The van der Waals surface area contributed by atoms with Gasteiger partial charge in [-0.05, 0) is 38.6 Å². The Hall–Kier alpha value is -1.42. The summed E-state index contributed by atoms with van der Waals surface area (Å²) < 4.78 is 16.5. The van der Waals surface area contributed by atoms with E-state index in [9.17, 15) is 0 Å². The highest BCUT2D eigenvalue weighted by atomic mass is 16.5. The van der Waals surface area contributed by atoms with Gasteiger partial charge in [-0.3, -0.25) is 0 Å². The molecule has 0 aliphatic heterocycles. The van der Waals surface area contributed by atoms with Gasteiger partial charge in [0.25, 0.3) is 0 Å². The molecule has 0 radical (unpaired) electrons. The number of benzene rings is 1. The topological polar surface area (TPSA) is 39.7 Å². The van der Waals surface area contributed by atoms with E-state index >= 15 is 0 Å². The van der Waals surface area contributed by atoms with Crippen molar-refractivity contribution < 1.29 is 14.2 Å². The summed E-state index contributed by atoms with van der Waals surface area (Å²) in [4.78, 5) is 0. The molecule has 0 aromatic heterocycles. The van der Waals surface area contributed by atoms with Gasteiger partial charge in [-0.2, -0.15) is 0 Å². The maximum absolute atomic E-state index is 5.84. The third-order valence-corrected chi connectivity index (χ3v) is 2.42. The average molecular weight is 239 g/mol. The molecule has 1 aromatic carbocycles. The van der Waals surface area contributed by atoms with E-state index in [2.05, 4.69) is 5.32 Å². The highest BCUT2D eigenvalue weighted by Gasteiger charge is 2.15. The van der Waals surface area contributed by atoms with Crippen molar-refractivity contribution in [2.24, 2.45) is 0 Å². The van der Waals surface area contributed by atoms with E-state index in [-0.39, 0.29) is 6.10 Å². The van der Waals surface area contributed by atoms with Crippen LogP contribution in [0.15, 0.2) is 12.1 Å². The second-order valence-corrected chi connectivity index (χ2v) is 3.98. The Morgan fingerprint density at radius 3 is 2.12 bits per heavy atom. The lowest BCUT2D eigenvalue weighted by Crippen LogP contribution is -2.26. The normalized spacial score (nSPS) is 12.1. The van der Waals surface area contributed by atoms with Crippen LogP contribution in [0.25, 0.3) is 0 Å². The third-order valence-electron chi connectivity index (χ3n) is 2.42. The molecular formula is C13H21NO3. The molecule has 0 aliphatic rings. The van der Waals surface area contributed by atoms with Crippen molar-refractivity contribution in [1.82, 2.24) is 5.32 Å². The van der Waals surface area contributed by atoms with Crippen LogP contribution in [0.3, 0.4) is 0 Å². The van der Waals surface area contributed by atoms with Crippen molar-refractivity contribution in [3.8, 4) is 17.2 Å². The standard InChI is InChI=1S/C13H21NO3/c1-9-6-11(15-4)13(12(7-9)16-5)17-10(2)8-14-3/h6-7,10,14H,8H2,1-5H3. The molecule has 96 valence electrons. The largest absolute Gasteiger partial charge is 0.493 e. The van der Waals surface area contributed by atoms with Crippen molar-refractivity contribution in [2.75, 3.05) is 27.8 Å². The van der Waals surface area contributed by atoms with Crippen LogP contribution >= 0.6 is 0 Å². The van der Waals surface area contributed by atoms with Gasteiger partial charge in [-0.1, -0.05) is 0 Å². The van der Waals surface area contributed by atoms with Gasteiger partial charge in [0.15, 0.2) is 11.5 Å². The predicted octanol–water partition coefficient (Wildman–Crippen LogP) is 2.00. The molecule has 0 fully saturated rings. The molecule has 1 N–H and O–H groups in total. The predicted molar refractivity (Wildman–Crippen MR) is 68.3 cm³/mol. The third kappa shape index (κ3) is 3.53. The van der Waals surface area contributed by atoms with E-state index in [1.807, 2.05) is 33.0 Å². The molecule has 0 heterocycles. The number of ether oxygens (including phenoxy) is 3. The van der Waals surface area contributed by atoms with E-state index in [1.165, 1.54) is 0 Å². The number of aryl methyl sites for hydroxylation is 1. The summed E-state index contributed by atoms with van der Waals surface area (Å²) in [5.74, 6) is 2.05. The smallest absolute Gasteiger partial charge is 0.203 e. The molecule has 0 saturated heterocycles. The molecule has 17 heavy (non-hydrogen) atoms. The maximum Gasteiger partial charge on any atom is 0.203 e. The Labute approximate surface area is 103 Å². The number of methoxy groups -OCH3 is 2. The van der Waals surface area contributed by atoms with Crippen LogP contribution in [0.5, 0.6) is 17.2 Å². The second-order valence-electron chi connectivity index (χ2n) is 3.98. The van der Waals surface area contributed by atoms with E-state index in [0.29, 0.717) is 17.2 Å². The van der Waals surface area contributed by atoms with Gasteiger partial charge in [-0.15, -0.1) is 0 Å². The first-order chi connectivity index (χ1) is 8.12. The summed E-state index contributed by atoms with van der Waals surface area (Å²) in [6.07, 6.45) is 0.0468. The van der Waals surface area contributed by atoms with E-state index < -0.39 is 0 Å². The van der Waals surface area contributed by atoms with Crippen LogP contribution < -0.4 is 19.5 Å². The summed E-state index contributed by atoms with van der Waals surface area (Å²) in [7, 11) is 5.15. The summed E-state index contributed by atoms with van der Waals surface area (Å²) in [6, 6.07) is 3.87. The van der Waals surface area contributed by atoms with Crippen LogP contribution in [0, 0.1) is 6.92 Å². The Kier molecular flexibility index (Phi) is 5.10. The SMILES string of the molecule is CNCC(C)Oc1c(OC)cc(C)cc1OC. The van der Waals surface area contributed by atoms with Crippen LogP contribution in [0.4, 0.5) is 0 Å². The second kappa shape index (κ2) is 6.35. The van der Waals surface area contributed by atoms with E-state index in [0.717, 1.165) is 12.1 Å². The molecular weight excluding hydrogens is 218 g/mol. The number of hydrogen-bond acceptors (Lipinski definition) is 4. The zero-order valence-corrected chi connectivity index (χ0v) is 11.2. The molecule has 1 unspecified atom stereocenters. The zero-order valence-electron chi connectivity index (χ0n) is 11.2. The minimum absolute atomic E-state index is 0.0468. The summed E-state index contributed by atoms with van der Waals surface area (Å²) >= 11 is 0. The van der Waals surface area contributed by atoms with Gasteiger partial charge in [-0.25, -0.2) is 0 Å². The number of hydrogen-bond donors (Lipinski definition) is 1. The van der Waals surface area contributed by atoms with E-state index in [1.54, 1.807) is 14.2 Å². The van der Waals surface area contributed by atoms with Crippen molar-refractivity contribution in [3.05, 3.63) is 17.7 Å². The van der Waals surface area contributed by atoms with Gasteiger partial charge in [0.1, 0.15) is 6.10 Å². The summed E-state index contributed by atoms with van der Waals surface area (Å²) in [5, 5.41) is 3.07. The molecule has 0 spiro atoms. The van der Waals surface area contributed by atoms with Crippen LogP contribution in [-0.2, 0) is 0 Å². The lowest BCUT2D eigenvalue weighted by Gasteiger charge is -2.19. The molecule has 4 heteroatoms. The van der Waals surface area contributed by atoms with Crippen molar-refractivity contribution >= 4 is 0 Å². The Morgan fingerprint density at radius 2 is 1.71 bits per heavy atom. The van der Waals surface area contributed by atoms with Gasteiger partial charge < -0.3 is 19.5 Å². The molecule has 0 aliphatic carbocycles. The Bertz CT molecular complexity index is 341. The fourth-order valence-electron chi connectivity index (χ4n) is 1.66. The monoisotopic (exact) mass is 239 g/mol. The minimum Gasteiger partial charge on any atom is -0.493 e. The quantitative estimate of drug-likeness (QED) is 0.824. The first-order valence-electron chi connectivity index (χ1n) is 5.66. The first kappa shape index (κ1) is 13.6. The van der Waals surface area contributed by atoms with Crippen molar-refractivity contribution in [3.63, 3.8) is 0 Å². The lowest BCUT2D eigenvalue weighted by molar-refractivity contribution is 0.201. The zero-order chi connectivity index (χ0) is 12.8. The van der Waals surface area contributed by atoms with Gasteiger partial charge in [0, 0.05) is 6.54 Å². The molecule has 0 bridgehead atoms. The van der Waals surface area contributed by atoms with Crippen molar-refractivity contribution in [2.45, 2.75) is 20.0 Å². The highest BCUT2D eigenvalue weighted by molar-refractivity contribution is 5.53. The summed E-state index contributed by atoms with van der Waals surface area (Å²) in [6.45, 7) is 4.75.